The third-order valence-electron chi connectivity index (χ3n) is 3.25. The zero-order chi connectivity index (χ0) is 15.5. The molecule has 4 nitrogen and oxygen atoms in total. The number of nitrogens with zero attached hydrogens (tertiary/aromatic N) is 1. The van der Waals surface area contributed by atoms with Crippen molar-refractivity contribution in [3.63, 3.8) is 0 Å². The smallest absolute Gasteiger partial charge is 0.120 e. The molecule has 0 aromatic heterocycles. The van der Waals surface area contributed by atoms with Crippen molar-refractivity contribution in [2.75, 3.05) is 40.0 Å². The van der Waals surface area contributed by atoms with Crippen molar-refractivity contribution in [1.82, 2.24) is 4.90 Å². The molecule has 1 aromatic rings. The van der Waals surface area contributed by atoms with Gasteiger partial charge in [0.05, 0.1) is 13.2 Å². The maximum absolute atomic E-state index is 5.81. The van der Waals surface area contributed by atoms with Gasteiger partial charge < -0.3 is 15.2 Å². The minimum Gasteiger partial charge on any atom is -0.492 e. The molecule has 2 N–H and O–H groups in total. The molecule has 0 fully saturated rings. The van der Waals surface area contributed by atoms with Crippen LogP contribution in [0.5, 0.6) is 5.75 Å². The molecule has 4 heteroatoms. The SMILES string of the molecule is CCN(CCOc1cccc(C#CCN)c1)C(C)COC. The molecule has 0 radical (unpaired) electrons. The fourth-order valence-corrected chi connectivity index (χ4v) is 2.13. The van der Waals surface area contributed by atoms with Gasteiger partial charge in [0.25, 0.3) is 0 Å². The Kier molecular flexibility index (Phi) is 8.53. The quantitative estimate of drug-likeness (QED) is 0.741. The molecule has 0 aliphatic carbocycles. The molecule has 0 amide bonds. The Morgan fingerprint density at radius 2 is 2.19 bits per heavy atom. The molecule has 0 heterocycles. The van der Waals surface area contributed by atoms with E-state index in [1.54, 1.807) is 7.11 Å². The minimum absolute atomic E-state index is 0.369. The highest BCUT2D eigenvalue weighted by atomic mass is 16.5. The van der Waals surface area contributed by atoms with Gasteiger partial charge in [-0.15, -0.1) is 0 Å². The van der Waals surface area contributed by atoms with Crippen LogP contribution in [0.4, 0.5) is 0 Å². The second-order valence-electron chi connectivity index (χ2n) is 4.82. The highest BCUT2D eigenvalue weighted by molar-refractivity contribution is 5.39. The van der Waals surface area contributed by atoms with Crippen LogP contribution in [-0.2, 0) is 4.74 Å². The molecule has 0 saturated carbocycles. The second-order valence-corrected chi connectivity index (χ2v) is 4.82. The Bertz CT molecular complexity index is 465. The van der Waals surface area contributed by atoms with Crippen molar-refractivity contribution in [2.45, 2.75) is 19.9 Å². The summed E-state index contributed by atoms with van der Waals surface area (Å²) < 4.78 is 11.0. The van der Waals surface area contributed by atoms with Crippen LogP contribution < -0.4 is 10.5 Å². The first kappa shape index (κ1) is 17.5. The first-order chi connectivity index (χ1) is 10.2. The second kappa shape index (κ2) is 10.2. The summed E-state index contributed by atoms with van der Waals surface area (Å²) in [7, 11) is 1.73. The fraction of sp³-hybridized carbons (Fsp3) is 0.529. The van der Waals surface area contributed by atoms with Crippen molar-refractivity contribution in [1.29, 1.82) is 0 Å². The Morgan fingerprint density at radius 3 is 2.86 bits per heavy atom. The number of rotatable bonds is 8. The number of hydrogen-bond acceptors (Lipinski definition) is 4. The number of hydrogen-bond donors (Lipinski definition) is 1. The van der Waals surface area contributed by atoms with Gasteiger partial charge in [0.15, 0.2) is 0 Å². The molecule has 1 rings (SSSR count). The van der Waals surface area contributed by atoms with Gasteiger partial charge in [-0.25, -0.2) is 0 Å². The predicted octanol–water partition coefficient (Wildman–Crippen LogP) is 1.73. The molecule has 1 aromatic carbocycles. The van der Waals surface area contributed by atoms with Gasteiger partial charge in [0.2, 0.25) is 0 Å². The van der Waals surface area contributed by atoms with Crippen molar-refractivity contribution < 1.29 is 9.47 Å². The lowest BCUT2D eigenvalue weighted by Gasteiger charge is -2.27. The molecule has 0 aliphatic rings. The summed E-state index contributed by atoms with van der Waals surface area (Å²) in [5, 5.41) is 0. The van der Waals surface area contributed by atoms with Crippen LogP contribution in [0, 0.1) is 11.8 Å². The van der Waals surface area contributed by atoms with Crippen LogP contribution in [-0.4, -0.2) is 50.9 Å². The molecule has 1 unspecified atom stereocenters. The zero-order valence-corrected chi connectivity index (χ0v) is 13.3. The fourth-order valence-electron chi connectivity index (χ4n) is 2.13. The summed E-state index contributed by atoms with van der Waals surface area (Å²) in [6.07, 6.45) is 0. The van der Waals surface area contributed by atoms with Crippen molar-refractivity contribution in [3.8, 4) is 17.6 Å². The normalized spacial score (nSPS) is 11.9. The van der Waals surface area contributed by atoms with E-state index < -0.39 is 0 Å². The maximum Gasteiger partial charge on any atom is 0.120 e. The number of methoxy groups -OCH3 is 1. The third kappa shape index (κ3) is 6.63. The number of ether oxygens (including phenoxy) is 2. The van der Waals surface area contributed by atoms with Gasteiger partial charge in [0.1, 0.15) is 12.4 Å². The molecular formula is C17H26N2O2. The van der Waals surface area contributed by atoms with E-state index in [4.69, 9.17) is 15.2 Å². The summed E-state index contributed by atoms with van der Waals surface area (Å²) >= 11 is 0. The standard InChI is InChI=1S/C17H26N2O2/c1-4-19(15(2)14-20-3)11-12-21-17-9-5-7-16(13-17)8-6-10-18/h5,7,9,13,15H,4,10-12,14,18H2,1-3H3. The van der Waals surface area contributed by atoms with Gasteiger partial charge in [0, 0.05) is 25.3 Å². The van der Waals surface area contributed by atoms with Crippen LogP contribution >= 0.6 is 0 Å². The van der Waals surface area contributed by atoms with Crippen LogP contribution in [0.25, 0.3) is 0 Å². The van der Waals surface area contributed by atoms with E-state index in [2.05, 4.69) is 30.6 Å². The molecule has 21 heavy (non-hydrogen) atoms. The lowest BCUT2D eigenvalue weighted by Crippen LogP contribution is -2.38. The number of likely N-dealkylation sites (N-methyl/N-ethyl adjacent to an activating group) is 1. The van der Waals surface area contributed by atoms with Gasteiger partial charge in [-0.2, -0.15) is 0 Å². The average molecular weight is 290 g/mol. The van der Waals surface area contributed by atoms with Crippen molar-refractivity contribution in [2.24, 2.45) is 5.73 Å². The molecule has 116 valence electrons. The molecule has 0 spiro atoms. The largest absolute Gasteiger partial charge is 0.492 e. The Hall–Kier alpha value is -1.54. The van der Waals surface area contributed by atoms with E-state index in [-0.39, 0.29) is 0 Å². The lowest BCUT2D eigenvalue weighted by molar-refractivity contribution is 0.0920. The third-order valence-corrected chi connectivity index (χ3v) is 3.25. The Balaban J connectivity index is 2.47. The van der Waals surface area contributed by atoms with E-state index >= 15 is 0 Å². The van der Waals surface area contributed by atoms with Crippen LogP contribution in [0.2, 0.25) is 0 Å². The number of benzene rings is 1. The molecule has 0 aliphatic heterocycles. The monoisotopic (exact) mass is 290 g/mol. The minimum atomic E-state index is 0.369. The van der Waals surface area contributed by atoms with E-state index in [0.717, 1.165) is 31.0 Å². The van der Waals surface area contributed by atoms with Crippen molar-refractivity contribution in [3.05, 3.63) is 29.8 Å². The Labute approximate surface area is 128 Å². The van der Waals surface area contributed by atoms with Gasteiger partial charge in [-0.1, -0.05) is 24.8 Å². The highest BCUT2D eigenvalue weighted by Crippen LogP contribution is 2.12. The summed E-state index contributed by atoms with van der Waals surface area (Å²) in [5.74, 6) is 6.69. The van der Waals surface area contributed by atoms with E-state index in [0.29, 0.717) is 19.2 Å². The first-order valence-electron chi connectivity index (χ1n) is 7.36. The maximum atomic E-state index is 5.81. The van der Waals surface area contributed by atoms with Crippen LogP contribution in [0.3, 0.4) is 0 Å². The molecule has 0 bridgehead atoms. The molecule has 0 saturated heterocycles. The summed E-state index contributed by atoms with van der Waals surface area (Å²) in [6.45, 7) is 7.92. The predicted molar refractivity (Wildman–Crippen MR) is 86.5 cm³/mol. The Morgan fingerprint density at radius 1 is 1.38 bits per heavy atom. The van der Waals surface area contributed by atoms with E-state index in [9.17, 15) is 0 Å². The van der Waals surface area contributed by atoms with Crippen LogP contribution in [0.15, 0.2) is 24.3 Å². The first-order valence-corrected chi connectivity index (χ1v) is 7.36. The summed E-state index contributed by atoms with van der Waals surface area (Å²) in [5.41, 5.74) is 6.30. The molecular weight excluding hydrogens is 264 g/mol. The zero-order valence-electron chi connectivity index (χ0n) is 13.3. The van der Waals surface area contributed by atoms with Crippen molar-refractivity contribution >= 4 is 0 Å². The highest BCUT2D eigenvalue weighted by Gasteiger charge is 2.11. The van der Waals surface area contributed by atoms with Crippen LogP contribution in [0.1, 0.15) is 19.4 Å². The van der Waals surface area contributed by atoms with Gasteiger partial charge in [-0.3, -0.25) is 4.90 Å². The van der Waals surface area contributed by atoms with Gasteiger partial charge >= 0.3 is 0 Å². The lowest BCUT2D eigenvalue weighted by atomic mass is 10.2. The van der Waals surface area contributed by atoms with E-state index in [1.165, 1.54) is 0 Å². The molecule has 1 atom stereocenters. The summed E-state index contributed by atoms with van der Waals surface area (Å²) in [6, 6.07) is 8.18. The van der Waals surface area contributed by atoms with Gasteiger partial charge in [-0.05, 0) is 31.7 Å². The summed E-state index contributed by atoms with van der Waals surface area (Å²) in [4.78, 5) is 2.33. The average Bonchev–Trinajstić information content (AvgIpc) is 2.50. The topological polar surface area (TPSA) is 47.7 Å². The number of nitrogens with two attached hydrogens (primary N) is 1. The van der Waals surface area contributed by atoms with E-state index in [1.807, 2.05) is 24.3 Å².